The zero-order chi connectivity index (χ0) is 12.1. The van der Waals surface area contributed by atoms with Crippen LogP contribution in [0.5, 0.6) is 0 Å². The van der Waals surface area contributed by atoms with Crippen molar-refractivity contribution in [1.29, 1.82) is 0 Å². The molecule has 0 spiro atoms. The van der Waals surface area contributed by atoms with Gasteiger partial charge in [0.1, 0.15) is 6.04 Å². The molecule has 0 saturated heterocycles. The predicted octanol–water partition coefficient (Wildman–Crippen LogP) is 1.43. The molecule has 1 aliphatic carbocycles. The van der Waals surface area contributed by atoms with E-state index in [0.29, 0.717) is 12.5 Å². The molecule has 1 atom stereocenters. The van der Waals surface area contributed by atoms with Crippen molar-refractivity contribution < 1.29 is 14.7 Å². The summed E-state index contributed by atoms with van der Waals surface area (Å²) in [6.45, 7) is 2.00. The number of carbonyl (C=O) groups is 2. The molecule has 0 aliphatic heterocycles. The van der Waals surface area contributed by atoms with Gasteiger partial charge in [0.2, 0.25) is 0 Å². The maximum absolute atomic E-state index is 11.7. The van der Waals surface area contributed by atoms with Gasteiger partial charge < -0.3 is 15.3 Å². The second-order valence-corrected chi connectivity index (χ2v) is 4.32. The third kappa shape index (κ3) is 3.72. The van der Waals surface area contributed by atoms with Gasteiger partial charge in [0, 0.05) is 13.1 Å². The third-order valence-corrected chi connectivity index (χ3v) is 2.86. The molecule has 1 fully saturated rings. The smallest absolute Gasteiger partial charge is 0.326 e. The van der Waals surface area contributed by atoms with Gasteiger partial charge in [0.15, 0.2) is 0 Å². The number of nitrogens with one attached hydrogen (secondary N) is 1. The van der Waals surface area contributed by atoms with E-state index in [2.05, 4.69) is 5.32 Å². The number of carboxylic acids is 1. The first-order chi connectivity index (χ1) is 7.56. The number of amides is 2. The highest BCUT2D eigenvalue weighted by molar-refractivity contribution is 5.82. The summed E-state index contributed by atoms with van der Waals surface area (Å²) in [4.78, 5) is 24.2. The standard InChI is InChI=1S/C11H20N2O3/c1-3-4-5-9(10(14)15)12-11(16)13(2)8-6-7-8/h8-9H,3-7H2,1-2H3,(H,12,16)(H,14,15). The number of carbonyl (C=O) groups excluding carboxylic acids is 1. The zero-order valence-corrected chi connectivity index (χ0v) is 9.90. The van der Waals surface area contributed by atoms with Gasteiger partial charge in [-0.15, -0.1) is 0 Å². The lowest BCUT2D eigenvalue weighted by Gasteiger charge is -2.20. The molecule has 5 heteroatoms. The fourth-order valence-electron chi connectivity index (χ4n) is 1.54. The SMILES string of the molecule is CCCCC(NC(=O)N(C)C1CC1)C(=O)O. The molecule has 1 unspecified atom stereocenters. The summed E-state index contributed by atoms with van der Waals surface area (Å²) in [6.07, 6.45) is 4.28. The van der Waals surface area contributed by atoms with E-state index in [1.165, 1.54) is 0 Å². The molecule has 92 valence electrons. The molecule has 0 bridgehead atoms. The van der Waals surface area contributed by atoms with Crippen LogP contribution in [-0.2, 0) is 4.79 Å². The van der Waals surface area contributed by atoms with Gasteiger partial charge in [-0.05, 0) is 19.3 Å². The van der Waals surface area contributed by atoms with E-state index in [1.807, 2.05) is 6.92 Å². The second-order valence-electron chi connectivity index (χ2n) is 4.32. The van der Waals surface area contributed by atoms with Crippen LogP contribution in [0.25, 0.3) is 0 Å². The minimum atomic E-state index is -0.953. The third-order valence-electron chi connectivity index (χ3n) is 2.86. The first-order valence-electron chi connectivity index (χ1n) is 5.82. The molecule has 16 heavy (non-hydrogen) atoms. The van der Waals surface area contributed by atoms with Crippen LogP contribution in [0.1, 0.15) is 39.0 Å². The van der Waals surface area contributed by atoms with Crippen molar-refractivity contribution in [3.8, 4) is 0 Å². The molecule has 0 heterocycles. The fourth-order valence-corrected chi connectivity index (χ4v) is 1.54. The normalized spacial score (nSPS) is 16.6. The average Bonchev–Trinajstić information content (AvgIpc) is 3.05. The van der Waals surface area contributed by atoms with Crippen LogP contribution in [0, 0.1) is 0 Å². The van der Waals surface area contributed by atoms with Crippen molar-refractivity contribution in [3.05, 3.63) is 0 Å². The maximum Gasteiger partial charge on any atom is 0.326 e. The lowest BCUT2D eigenvalue weighted by Crippen LogP contribution is -2.47. The van der Waals surface area contributed by atoms with Crippen molar-refractivity contribution in [3.63, 3.8) is 0 Å². The first-order valence-corrected chi connectivity index (χ1v) is 5.82. The van der Waals surface area contributed by atoms with Crippen molar-refractivity contribution >= 4 is 12.0 Å². The van der Waals surface area contributed by atoms with Gasteiger partial charge >= 0.3 is 12.0 Å². The molecule has 0 aromatic carbocycles. The summed E-state index contributed by atoms with van der Waals surface area (Å²) >= 11 is 0. The van der Waals surface area contributed by atoms with Gasteiger partial charge in [-0.25, -0.2) is 9.59 Å². The van der Waals surface area contributed by atoms with Crippen LogP contribution >= 0.6 is 0 Å². The number of nitrogens with zero attached hydrogens (tertiary/aromatic N) is 1. The van der Waals surface area contributed by atoms with E-state index in [1.54, 1.807) is 11.9 Å². The van der Waals surface area contributed by atoms with Crippen LogP contribution in [-0.4, -0.2) is 41.1 Å². The van der Waals surface area contributed by atoms with Gasteiger partial charge in [-0.3, -0.25) is 0 Å². The molecule has 1 rings (SSSR count). The van der Waals surface area contributed by atoms with Gasteiger partial charge in [-0.1, -0.05) is 19.8 Å². The minimum absolute atomic E-state index is 0.272. The highest BCUT2D eigenvalue weighted by atomic mass is 16.4. The van der Waals surface area contributed by atoms with E-state index >= 15 is 0 Å². The number of aliphatic carboxylic acids is 1. The van der Waals surface area contributed by atoms with Gasteiger partial charge in [0.25, 0.3) is 0 Å². The topological polar surface area (TPSA) is 69.6 Å². The number of unbranched alkanes of at least 4 members (excludes halogenated alkanes) is 1. The summed E-state index contributed by atoms with van der Waals surface area (Å²) in [5.41, 5.74) is 0. The van der Waals surface area contributed by atoms with Crippen LogP contribution in [0.4, 0.5) is 4.79 Å². The lowest BCUT2D eigenvalue weighted by molar-refractivity contribution is -0.139. The van der Waals surface area contributed by atoms with E-state index < -0.39 is 12.0 Å². The van der Waals surface area contributed by atoms with Crippen molar-refractivity contribution in [2.45, 2.75) is 51.1 Å². The molecule has 0 radical (unpaired) electrons. The van der Waals surface area contributed by atoms with Crippen LogP contribution in [0.2, 0.25) is 0 Å². The Labute approximate surface area is 95.8 Å². The first kappa shape index (κ1) is 12.8. The largest absolute Gasteiger partial charge is 0.480 e. The van der Waals surface area contributed by atoms with E-state index in [9.17, 15) is 9.59 Å². The Morgan fingerprint density at radius 2 is 2.12 bits per heavy atom. The van der Waals surface area contributed by atoms with E-state index in [0.717, 1.165) is 25.7 Å². The van der Waals surface area contributed by atoms with E-state index in [4.69, 9.17) is 5.11 Å². The lowest BCUT2D eigenvalue weighted by atomic mass is 10.1. The zero-order valence-electron chi connectivity index (χ0n) is 9.90. The summed E-state index contributed by atoms with van der Waals surface area (Å²) in [7, 11) is 1.71. The average molecular weight is 228 g/mol. The minimum Gasteiger partial charge on any atom is -0.480 e. The maximum atomic E-state index is 11.7. The monoisotopic (exact) mass is 228 g/mol. The fraction of sp³-hybridized carbons (Fsp3) is 0.818. The number of hydrogen-bond acceptors (Lipinski definition) is 2. The molecule has 0 aromatic rings. The van der Waals surface area contributed by atoms with Crippen molar-refractivity contribution in [2.75, 3.05) is 7.05 Å². The Balaban J connectivity index is 2.40. The molecular weight excluding hydrogens is 208 g/mol. The molecule has 1 aliphatic rings. The number of carboxylic acid groups (broad SMARTS) is 1. The summed E-state index contributed by atoms with van der Waals surface area (Å²) in [5, 5.41) is 11.5. The molecule has 2 amide bonds. The van der Waals surface area contributed by atoms with Crippen LogP contribution < -0.4 is 5.32 Å². The predicted molar refractivity (Wildman–Crippen MR) is 60.3 cm³/mol. The highest BCUT2D eigenvalue weighted by Gasteiger charge is 2.31. The molecular formula is C11H20N2O3. The van der Waals surface area contributed by atoms with Crippen LogP contribution in [0.15, 0.2) is 0 Å². The Bertz CT molecular complexity index is 264. The summed E-state index contributed by atoms with van der Waals surface area (Å²) in [5.74, 6) is -0.953. The van der Waals surface area contributed by atoms with Crippen molar-refractivity contribution in [2.24, 2.45) is 0 Å². The quantitative estimate of drug-likeness (QED) is 0.722. The molecule has 0 aromatic heterocycles. The van der Waals surface area contributed by atoms with Gasteiger partial charge in [0.05, 0.1) is 0 Å². The Morgan fingerprint density at radius 3 is 2.56 bits per heavy atom. The van der Waals surface area contributed by atoms with Crippen LogP contribution in [0.3, 0.4) is 0 Å². The molecule has 1 saturated carbocycles. The van der Waals surface area contributed by atoms with Crippen molar-refractivity contribution in [1.82, 2.24) is 10.2 Å². The molecule has 5 nitrogen and oxygen atoms in total. The van der Waals surface area contributed by atoms with E-state index in [-0.39, 0.29) is 6.03 Å². The van der Waals surface area contributed by atoms with Gasteiger partial charge in [-0.2, -0.15) is 0 Å². The number of rotatable bonds is 6. The molecule has 2 N–H and O–H groups in total. The highest BCUT2D eigenvalue weighted by Crippen LogP contribution is 2.25. The number of urea groups is 1. The summed E-state index contributed by atoms with van der Waals surface area (Å²) in [6, 6.07) is -0.722. The summed E-state index contributed by atoms with van der Waals surface area (Å²) < 4.78 is 0. The second kappa shape index (κ2) is 5.72. The Kier molecular flexibility index (Phi) is 4.58. The number of hydrogen-bond donors (Lipinski definition) is 2. The Morgan fingerprint density at radius 1 is 1.50 bits per heavy atom. The Hall–Kier alpha value is -1.26.